The zero-order chi connectivity index (χ0) is 16.1. The van der Waals surface area contributed by atoms with E-state index in [0.717, 1.165) is 44.0 Å². The van der Waals surface area contributed by atoms with E-state index in [4.69, 9.17) is 4.74 Å². The van der Waals surface area contributed by atoms with Gasteiger partial charge in [-0.05, 0) is 44.5 Å². The van der Waals surface area contributed by atoms with Crippen LogP contribution in [0.5, 0.6) is 5.75 Å². The van der Waals surface area contributed by atoms with Gasteiger partial charge in [0.15, 0.2) is 11.6 Å². The summed E-state index contributed by atoms with van der Waals surface area (Å²) in [6.07, 6.45) is 3.82. The summed E-state index contributed by atoms with van der Waals surface area (Å²) in [4.78, 5) is 11.3. The molecule has 0 N–H and O–H groups in total. The Hall–Kier alpha value is -2.01. The first-order chi connectivity index (χ1) is 11.2. The van der Waals surface area contributed by atoms with Crippen molar-refractivity contribution < 1.29 is 9.13 Å². The summed E-state index contributed by atoms with van der Waals surface area (Å²) in [6.45, 7) is 5.53. The quantitative estimate of drug-likeness (QED) is 0.767. The highest BCUT2D eigenvalue weighted by Crippen LogP contribution is 2.24. The van der Waals surface area contributed by atoms with Crippen LogP contribution in [0.4, 0.5) is 4.39 Å². The van der Waals surface area contributed by atoms with Crippen molar-refractivity contribution in [2.45, 2.75) is 25.7 Å². The Morgan fingerprint density at radius 2 is 2.17 bits per heavy atom. The summed E-state index contributed by atoms with van der Waals surface area (Å²) in [5.41, 5.74) is 1.02. The Balaban J connectivity index is 1.41. The summed E-state index contributed by atoms with van der Waals surface area (Å²) >= 11 is 0. The van der Waals surface area contributed by atoms with Crippen molar-refractivity contribution >= 4 is 0 Å². The minimum absolute atomic E-state index is 0.301. The number of hydrogen-bond donors (Lipinski definition) is 0. The van der Waals surface area contributed by atoms with E-state index in [1.807, 2.05) is 19.2 Å². The smallest absolute Gasteiger partial charge is 0.165 e. The molecule has 5 heteroatoms. The normalized spacial score (nSPS) is 18.3. The summed E-state index contributed by atoms with van der Waals surface area (Å²) in [6, 6.07) is 8.46. The van der Waals surface area contributed by atoms with E-state index in [-0.39, 0.29) is 5.82 Å². The van der Waals surface area contributed by atoms with Crippen molar-refractivity contribution in [2.24, 2.45) is 0 Å². The Morgan fingerprint density at radius 3 is 3.00 bits per heavy atom. The van der Waals surface area contributed by atoms with Crippen LogP contribution in [-0.2, 0) is 0 Å². The van der Waals surface area contributed by atoms with Gasteiger partial charge in [0.1, 0.15) is 5.82 Å². The lowest BCUT2D eigenvalue weighted by Gasteiger charge is -2.16. The lowest BCUT2D eigenvalue weighted by Crippen LogP contribution is -2.23. The molecule has 1 aliphatic heterocycles. The highest BCUT2D eigenvalue weighted by molar-refractivity contribution is 5.23. The van der Waals surface area contributed by atoms with Crippen LogP contribution in [0.1, 0.15) is 30.3 Å². The van der Waals surface area contributed by atoms with Crippen molar-refractivity contribution in [2.75, 3.05) is 26.2 Å². The van der Waals surface area contributed by atoms with E-state index in [9.17, 15) is 4.39 Å². The molecule has 0 radical (unpaired) electrons. The largest absolute Gasteiger partial charge is 0.490 e. The van der Waals surface area contributed by atoms with E-state index >= 15 is 0 Å². The number of halogens is 1. The van der Waals surface area contributed by atoms with Gasteiger partial charge in [0.05, 0.1) is 6.61 Å². The Morgan fingerprint density at radius 1 is 1.30 bits per heavy atom. The SMILES string of the molecule is Cc1ccnc(C2CCN(CCCOc3ccccc3F)C2)n1. The molecule has 1 aromatic carbocycles. The lowest BCUT2D eigenvalue weighted by atomic mass is 10.1. The average Bonchev–Trinajstić information content (AvgIpc) is 3.02. The molecular weight excluding hydrogens is 293 g/mol. The highest BCUT2D eigenvalue weighted by atomic mass is 19.1. The fraction of sp³-hybridized carbons (Fsp3) is 0.444. The van der Waals surface area contributed by atoms with E-state index in [1.54, 1.807) is 18.2 Å². The number of aryl methyl sites for hydroxylation is 1. The molecule has 0 saturated carbocycles. The first kappa shape index (κ1) is 15.9. The monoisotopic (exact) mass is 315 g/mol. The van der Waals surface area contributed by atoms with Crippen molar-refractivity contribution in [1.82, 2.24) is 14.9 Å². The second-order valence-electron chi connectivity index (χ2n) is 5.97. The van der Waals surface area contributed by atoms with Crippen molar-refractivity contribution in [3.63, 3.8) is 0 Å². The van der Waals surface area contributed by atoms with Crippen molar-refractivity contribution in [1.29, 1.82) is 0 Å². The number of hydrogen-bond acceptors (Lipinski definition) is 4. The van der Waals surface area contributed by atoms with Gasteiger partial charge in [-0.15, -0.1) is 0 Å². The van der Waals surface area contributed by atoms with Gasteiger partial charge in [0.2, 0.25) is 0 Å². The topological polar surface area (TPSA) is 38.2 Å². The van der Waals surface area contributed by atoms with Crippen LogP contribution < -0.4 is 4.74 Å². The first-order valence-corrected chi connectivity index (χ1v) is 8.11. The third kappa shape index (κ3) is 4.26. The number of likely N-dealkylation sites (tertiary alicyclic amines) is 1. The Labute approximate surface area is 136 Å². The standard InChI is InChI=1S/C18H22FN3O/c1-14-7-9-20-18(21-14)15-8-11-22(13-15)10-4-12-23-17-6-3-2-5-16(17)19/h2-3,5-7,9,15H,4,8,10-13H2,1H3. The van der Waals surface area contributed by atoms with Gasteiger partial charge in [0.25, 0.3) is 0 Å². The molecular formula is C18H22FN3O. The number of rotatable bonds is 6. The van der Waals surface area contributed by atoms with Gasteiger partial charge in [-0.3, -0.25) is 0 Å². The predicted octanol–water partition coefficient (Wildman–Crippen LogP) is 3.18. The van der Waals surface area contributed by atoms with E-state index < -0.39 is 0 Å². The van der Waals surface area contributed by atoms with Crippen LogP contribution >= 0.6 is 0 Å². The zero-order valence-corrected chi connectivity index (χ0v) is 13.4. The molecule has 1 fully saturated rings. The molecule has 1 aliphatic rings. The van der Waals surface area contributed by atoms with Crippen molar-refractivity contribution in [3.05, 3.63) is 53.9 Å². The first-order valence-electron chi connectivity index (χ1n) is 8.11. The zero-order valence-electron chi connectivity index (χ0n) is 13.4. The third-order valence-electron chi connectivity index (χ3n) is 4.16. The maximum absolute atomic E-state index is 13.4. The Kier molecular flexibility index (Phi) is 5.18. The Bertz CT molecular complexity index is 650. The molecule has 2 aromatic rings. The maximum atomic E-state index is 13.4. The minimum atomic E-state index is -0.301. The van der Waals surface area contributed by atoms with Gasteiger partial charge in [-0.2, -0.15) is 0 Å². The number of ether oxygens (including phenoxy) is 1. The molecule has 3 rings (SSSR count). The molecule has 0 amide bonds. The van der Waals surface area contributed by atoms with Crippen LogP contribution in [0, 0.1) is 12.7 Å². The second-order valence-corrected chi connectivity index (χ2v) is 5.97. The third-order valence-corrected chi connectivity index (χ3v) is 4.16. The van der Waals surface area contributed by atoms with Gasteiger partial charge in [-0.1, -0.05) is 12.1 Å². The molecule has 0 spiro atoms. The van der Waals surface area contributed by atoms with E-state index in [0.29, 0.717) is 18.3 Å². The lowest BCUT2D eigenvalue weighted by molar-refractivity contribution is 0.254. The second kappa shape index (κ2) is 7.51. The molecule has 2 heterocycles. The highest BCUT2D eigenvalue weighted by Gasteiger charge is 2.25. The number of benzene rings is 1. The fourth-order valence-electron chi connectivity index (χ4n) is 2.94. The molecule has 1 saturated heterocycles. The molecule has 122 valence electrons. The van der Waals surface area contributed by atoms with Crippen LogP contribution in [-0.4, -0.2) is 41.1 Å². The van der Waals surface area contributed by atoms with Crippen molar-refractivity contribution in [3.8, 4) is 5.75 Å². The minimum Gasteiger partial charge on any atom is -0.490 e. The van der Waals surface area contributed by atoms with Crippen LogP contribution in [0.15, 0.2) is 36.5 Å². The number of para-hydroxylation sites is 1. The van der Waals surface area contributed by atoms with Crippen LogP contribution in [0.2, 0.25) is 0 Å². The molecule has 0 aliphatic carbocycles. The number of nitrogens with zero attached hydrogens (tertiary/aromatic N) is 3. The summed E-state index contributed by atoms with van der Waals surface area (Å²) in [7, 11) is 0. The molecule has 1 unspecified atom stereocenters. The molecule has 0 bridgehead atoms. The van der Waals surface area contributed by atoms with Crippen LogP contribution in [0.25, 0.3) is 0 Å². The van der Waals surface area contributed by atoms with Gasteiger partial charge in [0, 0.05) is 30.9 Å². The summed E-state index contributed by atoms with van der Waals surface area (Å²) in [5.74, 6) is 1.41. The van der Waals surface area contributed by atoms with Gasteiger partial charge < -0.3 is 9.64 Å². The van der Waals surface area contributed by atoms with Gasteiger partial charge in [-0.25, -0.2) is 14.4 Å². The maximum Gasteiger partial charge on any atom is 0.165 e. The summed E-state index contributed by atoms with van der Waals surface area (Å²) in [5, 5.41) is 0. The molecule has 1 atom stereocenters. The van der Waals surface area contributed by atoms with E-state index in [1.165, 1.54) is 6.07 Å². The average molecular weight is 315 g/mol. The molecule has 23 heavy (non-hydrogen) atoms. The van der Waals surface area contributed by atoms with Crippen LogP contribution in [0.3, 0.4) is 0 Å². The number of aromatic nitrogens is 2. The predicted molar refractivity (Wildman–Crippen MR) is 87.1 cm³/mol. The molecule has 1 aromatic heterocycles. The molecule has 4 nitrogen and oxygen atoms in total. The van der Waals surface area contributed by atoms with E-state index in [2.05, 4.69) is 14.9 Å². The van der Waals surface area contributed by atoms with Gasteiger partial charge >= 0.3 is 0 Å². The fourth-order valence-corrected chi connectivity index (χ4v) is 2.94. The summed E-state index contributed by atoms with van der Waals surface area (Å²) < 4.78 is 18.9.